The van der Waals surface area contributed by atoms with Gasteiger partial charge in [0.1, 0.15) is 5.75 Å². The van der Waals surface area contributed by atoms with E-state index in [1.54, 1.807) is 14.2 Å². The van der Waals surface area contributed by atoms with E-state index in [9.17, 15) is 9.59 Å². The van der Waals surface area contributed by atoms with E-state index in [2.05, 4.69) is 24.0 Å². The van der Waals surface area contributed by atoms with Gasteiger partial charge in [-0.2, -0.15) is 4.98 Å². The maximum Gasteiger partial charge on any atom is 0.332 e. The summed E-state index contributed by atoms with van der Waals surface area (Å²) in [6, 6.07) is 17.9. The van der Waals surface area contributed by atoms with Crippen LogP contribution in [0.25, 0.3) is 11.2 Å². The molecule has 5 rings (SSSR count). The second-order valence-corrected chi connectivity index (χ2v) is 9.00. The number of imidazole rings is 1. The molecular weight excluding hydrogens is 430 g/mol. The Balaban J connectivity index is 1.56. The fraction of sp³-hybridized carbons (Fsp3) is 0.346. The van der Waals surface area contributed by atoms with Crippen LogP contribution >= 0.6 is 0 Å². The van der Waals surface area contributed by atoms with E-state index in [1.165, 1.54) is 14.7 Å². The predicted molar refractivity (Wildman–Crippen MR) is 133 cm³/mol. The van der Waals surface area contributed by atoms with E-state index >= 15 is 0 Å². The first kappa shape index (κ1) is 22.0. The van der Waals surface area contributed by atoms with Crippen molar-refractivity contribution in [2.45, 2.75) is 32.9 Å². The Bertz CT molecular complexity index is 1430. The zero-order valence-electron chi connectivity index (χ0n) is 19.8. The molecule has 0 radical (unpaired) electrons. The molecule has 2 aromatic carbocycles. The average molecular weight is 460 g/mol. The summed E-state index contributed by atoms with van der Waals surface area (Å²) in [6.45, 7) is 3.98. The first-order chi connectivity index (χ1) is 16.5. The molecule has 0 amide bonds. The van der Waals surface area contributed by atoms with Crippen LogP contribution in [0.15, 0.2) is 64.2 Å². The maximum atomic E-state index is 13.6. The van der Waals surface area contributed by atoms with Gasteiger partial charge in [-0.05, 0) is 48.6 Å². The molecule has 0 fully saturated rings. The quantitative estimate of drug-likeness (QED) is 0.442. The maximum absolute atomic E-state index is 13.6. The third-order valence-corrected chi connectivity index (χ3v) is 6.52. The molecule has 0 unspecified atom stereocenters. The Morgan fingerprint density at radius 2 is 1.76 bits per heavy atom. The molecule has 2 aromatic heterocycles. The highest BCUT2D eigenvalue weighted by Gasteiger charge is 2.29. The summed E-state index contributed by atoms with van der Waals surface area (Å²) in [5.74, 6) is 1.77. The van der Waals surface area contributed by atoms with E-state index < -0.39 is 0 Å². The topological polar surface area (TPSA) is 74.3 Å². The Morgan fingerprint density at radius 1 is 1.03 bits per heavy atom. The molecule has 176 valence electrons. The highest BCUT2D eigenvalue weighted by molar-refractivity contribution is 5.77. The number of hydrogen-bond donors (Lipinski definition) is 0. The van der Waals surface area contributed by atoms with Gasteiger partial charge in [-0.1, -0.05) is 37.3 Å². The minimum atomic E-state index is -0.329. The van der Waals surface area contributed by atoms with Crippen molar-refractivity contribution in [3.63, 3.8) is 0 Å². The standard InChI is InChI=1S/C26H29N5O3/c1-18-16-30(20-11-13-21(34-3)14-12-20)25-27-23-22(31(25)17-18)24(32)29(26(33)28(23)2)15-7-10-19-8-5-4-6-9-19/h4-6,8-9,11-14,18H,7,10,15-17H2,1-3H3/t18-/m0/s1. The molecule has 4 aromatic rings. The van der Waals surface area contributed by atoms with E-state index in [1.807, 2.05) is 47.0 Å². The van der Waals surface area contributed by atoms with Crippen molar-refractivity contribution in [2.75, 3.05) is 18.6 Å². The minimum absolute atomic E-state index is 0.270. The van der Waals surface area contributed by atoms with Crippen LogP contribution in [0, 0.1) is 5.92 Å². The lowest BCUT2D eigenvalue weighted by atomic mass is 10.1. The van der Waals surface area contributed by atoms with Gasteiger partial charge in [0, 0.05) is 32.4 Å². The van der Waals surface area contributed by atoms with Crippen LogP contribution in [0.2, 0.25) is 0 Å². The number of nitrogens with zero attached hydrogens (tertiary/aromatic N) is 5. The van der Waals surface area contributed by atoms with Gasteiger partial charge < -0.3 is 14.2 Å². The van der Waals surface area contributed by atoms with Crippen molar-refractivity contribution in [3.8, 4) is 5.75 Å². The number of fused-ring (bicyclic) bond motifs is 3. The molecular formula is C26H29N5O3. The second kappa shape index (κ2) is 8.85. The van der Waals surface area contributed by atoms with E-state index in [0.29, 0.717) is 42.5 Å². The molecule has 1 aliphatic heterocycles. The average Bonchev–Trinajstić information content (AvgIpc) is 3.24. The minimum Gasteiger partial charge on any atom is -0.497 e. The number of anilines is 2. The van der Waals surface area contributed by atoms with Gasteiger partial charge in [-0.15, -0.1) is 0 Å². The first-order valence-corrected chi connectivity index (χ1v) is 11.6. The van der Waals surface area contributed by atoms with Crippen molar-refractivity contribution in [1.82, 2.24) is 18.7 Å². The molecule has 8 heteroatoms. The molecule has 1 aliphatic rings. The van der Waals surface area contributed by atoms with Crippen LogP contribution in [0.3, 0.4) is 0 Å². The summed E-state index contributed by atoms with van der Waals surface area (Å²) in [5.41, 5.74) is 2.48. The molecule has 0 N–H and O–H groups in total. The lowest BCUT2D eigenvalue weighted by Gasteiger charge is -2.33. The Kier molecular flexibility index (Phi) is 5.73. The summed E-state index contributed by atoms with van der Waals surface area (Å²) in [5, 5.41) is 0. The largest absolute Gasteiger partial charge is 0.497 e. The molecule has 0 saturated heterocycles. The normalized spacial score (nSPS) is 15.5. The fourth-order valence-electron chi connectivity index (χ4n) is 4.77. The third kappa shape index (κ3) is 3.79. The van der Waals surface area contributed by atoms with E-state index in [0.717, 1.165) is 24.4 Å². The molecule has 34 heavy (non-hydrogen) atoms. The van der Waals surface area contributed by atoms with Crippen molar-refractivity contribution in [1.29, 1.82) is 0 Å². The van der Waals surface area contributed by atoms with Gasteiger partial charge in [-0.25, -0.2) is 4.79 Å². The zero-order chi connectivity index (χ0) is 23.8. The third-order valence-electron chi connectivity index (χ3n) is 6.52. The Labute approximate surface area is 197 Å². The highest BCUT2D eigenvalue weighted by Crippen LogP contribution is 2.33. The summed E-state index contributed by atoms with van der Waals surface area (Å²) in [4.78, 5) is 33.6. The van der Waals surface area contributed by atoms with E-state index in [4.69, 9.17) is 9.72 Å². The van der Waals surface area contributed by atoms with Crippen molar-refractivity contribution >= 4 is 22.8 Å². The predicted octanol–water partition coefficient (Wildman–Crippen LogP) is 3.33. The fourth-order valence-corrected chi connectivity index (χ4v) is 4.77. The number of aryl methyl sites for hydroxylation is 2. The number of aromatic nitrogens is 4. The Morgan fingerprint density at radius 3 is 2.47 bits per heavy atom. The molecule has 8 nitrogen and oxygen atoms in total. The van der Waals surface area contributed by atoms with Crippen molar-refractivity contribution in [2.24, 2.45) is 13.0 Å². The highest BCUT2D eigenvalue weighted by atomic mass is 16.5. The zero-order valence-corrected chi connectivity index (χ0v) is 19.8. The van der Waals surface area contributed by atoms with Gasteiger partial charge in [0.05, 0.1) is 7.11 Å². The van der Waals surface area contributed by atoms with Crippen LogP contribution in [0.1, 0.15) is 18.9 Å². The van der Waals surface area contributed by atoms with Crippen LogP contribution in [-0.4, -0.2) is 32.3 Å². The molecule has 0 aliphatic carbocycles. The van der Waals surface area contributed by atoms with Gasteiger partial charge in [0.2, 0.25) is 5.95 Å². The van der Waals surface area contributed by atoms with Gasteiger partial charge in [-0.3, -0.25) is 13.9 Å². The van der Waals surface area contributed by atoms with Crippen molar-refractivity contribution in [3.05, 3.63) is 81.0 Å². The van der Waals surface area contributed by atoms with Crippen LogP contribution in [0.5, 0.6) is 5.75 Å². The summed E-state index contributed by atoms with van der Waals surface area (Å²) in [6.07, 6.45) is 1.52. The molecule has 3 heterocycles. The van der Waals surface area contributed by atoms with E-state index in [-0.39, 0.29) is 11.2 Å². The Hall–Kier alpha value is -3.81. The van der Waals surface area contributed by atoms with Gasteiger partial charge >= 0.3 is 5.69 Å². The molecule has 0 saturated carbocycles. The van der Waals surface area contributed by atoms with Crippen LogP contribution in [-0.2, 0) is 26.6 Å². The molecule has 0 spiro atoms. The number of ether oxygens (including phenoxy) is 1. The van der Waals surface area contributed by atoms with Crippen molar-refractivity contribution < 1.29 is 4.74 Å². The summed E-state index contributed by atoms with van der Waals surface area (Å²) < 4.78 is 10.1. The lowest BCUT2D eigenvalue weighted by Crippen LogP contribution is -2.40. The smallest absolute Gasteiger partial charge is 0.332 e. The number of methoxy groups -OCH3 is 1. The second-order valence-electron chi connectivity index (χ2n) is 9.00. The van der Waals surface area contributed by atoms with Gasteiger partial charge in [0.15, 0.2) is 11.2 Å². The number of benzene rings is 2. The summed E-state index contributed by atoms with van der Waals surface area (Å²) >= 11 is 0. The number of rotatable bonds is 6. The van der Waals surface area contributed by atoms with Crippen LogP contribution < -0.4 is 20.9 Å². The van der Waals surface area contributed by atoms with Crippen LogP contribution in [0.4, 0.5) is 11.6 Å². The lowest BCUT2D eigenvalue weighted by molar-refractivity contribution is 0.414. The number of hydrogen-bond acceptors (Lipinski definition) is 5. The molecule has 0 bridgehead atoms. The first-order valence-electron chi connectivity index (χ1n) is 11.6. The van der Waals surface area contributed by atoms with Gasteiger partial charge in [0.25, 0.3) is 5.56 Å². The molecule has 1 atom stereocenters. The SMILES string of the molecule is COc1ccc(N2C[C@H](C)Cn3c2nc2c3c(=O)n(CCCc3ccccc3)c(=O)n2C)cc1. The monoisotopic (exact) mass is 459 g/mol. The summed E-state index contributed by atoms with van der Waals surface area (Å²) in [7, 11) is 3.33.